The van der Waals surface area contributed by atoms with Gasteiger partial charge in [0.1, 0.15) is 0 Å². The van der Waals surface area contributed by atoms with E-state index in [0.29, 0.717) is 12.0 Å². The van der Waals surface area contributed by atoms with Crippen LogP contribution in [0, 0.1) is 5.92 Å². The van der Waals surface area contributed by atoms with Crippen LogP contribution in [0.1, 0.15) is 25.8 Å². The minimum Gasteiger partial charge on any atom is -0.391 e. The van der Waals surface area contributed by atoms with Crippen molar-refractivity contribution in [2.45, 2.75) is 39.0 Å². The molecule has 0 aliphatic carbocycles. The van der Waals surface area contributed by atoms with E-state index in [9.17, 15) is 5.11 Å². The molecular weight excluding hydrogens is 198 g/mol. The zero-order valence-electron chi connectivity index (χ0n) is 10.1. The number of hydrogen-bond acceptors (Lipinski definition) is 2. The van der Waals surface area contributed by atoms with Gasteiger partial charge in [-0.25, -0.2) is 0 Å². The fraction of sp³-hybridized carbons (Fsp3) is 0.571. The molecule has 2 unspecified atom stereocenters. The Kier molecular flexibility index (Phi) is 3.62. The summed E-state index contributed by atoms with van der Waals surface area (Å²) in [6, 6.07) is 10.8. The number of nitrogens with zero attached hydrogens (tertiary/aromatic N) is 1. The fourth-order valence-corrected chi connectivity index (χ4v) is 2.73. The van der Waals surface area contributed by atoms with Crippen molar-refractivity contribution in [2.24, 2.45) is 5.92 Å². The lowest BCUT2D eigenvalue weighted by Gasteiger charge is -2.29. The lowest BCUT2D eigenvalue weighted by atomic mass is 9.99. The van der Waals surface area contributed by atoms with Crippen LogP contribution < -0.4 is 0 Å². The minimum absolute atomic E-state index is 0.149. The molecule has 0 bridgehead atoms. The number of aliphatic hydroxyl groups excluding tert-OH is 1. The van der Waals surface area contributed by atoms with Crippen LogP contribution in [-0.4, -0.2) is 28.7 Å². The van der Waals surface area contributed by atoms with Crippen molar-refractivity contribution in [3.63, 3.8) is 0 Å². The SMILES string of the molecule is CC(C)C1C(O)CCN1Cc1ccccc1. The number of likely N-dealkylation sites (tertiary alicyclic amines) is 1. The average Bonchev–Trinajstić information content (AvgIpc) is 2.61. The molecule has 2 atom stereocenters. The summed E-state index contributed by atoms with van der Waals surface area (Å²) >= 11 is 0. The number of rotatable bonds is 3. The second-order valence-corrected chi connectivity index (χ2v) is 5.05. The fourth-order valence-electron chi connectivity index (χ4n) is 2.73. The first kappa shape index (κ1) is 11.6. The third-order valence-electron chi connectivity index (χ3n) is 3.44. The minimum atomic E-state index is -0.149. The predicted octanol–water partition coefficient (Wildman–Crippen LogP) is 2.28. The van der Waals surface area contributed by atoms with Crippen LogP contribution in [0.3, 0.4) is 0 Å². The molecule has 0 aromatic heterocycles. The Hall–Kier alpha value is -0.860. The summed E-state index contributed by atoms with van der Waals surface area (Å²) in [6.45, 7) is 6.36. The van der Waals surface area contributed by atoms with Crippen molar-refractivity contribution in [1.82, 2.24) is 4.90 Å². The second kappa shape index (κ2) is 4.98. The molecule has 2 rings (SSSR count). The van der Waals surface area contributed by atoms with E-state index < -0.39 is 0 Å². The third-order valence-corrected chi connectivity index (χ3v) is 3.44. The van der Waals surface area contributed by atoms with E-state index in [0.717, 1.165) is 19.5 Å². The molecule has 1 aromatic carbocycles. The molecule has 2 nitrogen and oxygen atoms in total. The Labute approximate surface area is 97.9 Å². The maximum Gasteiger partial charge on any atom is 0.0710 e. The highest BCUT2D eigenvalue weighted by Crippen LogP contribution is 2.25. The smallest absolute Gasteiger partial charge is 0.0710 e. The number of aliphatic hydroxyl groups is 1. The Morgan fingerprint density at radius 3 is 2.62 bits per heavy atom. The summed E-state index contributed by atoms with van der Waals surface area (Å²) in [5.74, 6) is 0.515. The van der Waals surface area contributed by atoms with E-state index in [4.69, 9.17) is 0 Å². The van der Waals surface area contributed by atoms with Crippen LogP contribution >= 0.6 is 0 Å². The predicted molar refractivity (Wildman–Crippen MR) is 66.1 cm³/mol. The molecule has 1 aliphatic heterocycles. The second-order valence-electron chi connectivity index (χ2n) is 5.05. The Morgan fingerprint density at radius 1 is 1.31 bits per heavy atom. The molecular formula is C14H21NO. The van der Waals surface area contributed by atoms with E-state index in [1.54, 1.807) is 0 Å². The van der Waals surface area contributed by atoms with Gasteiger partial charge in [-0.15, -0.1) is 0 Å². The molecule has 0 spiro atoms. The van der Waals surface area contributed by atoms with Gasteiger partial charge in [0, 0.05) is 19.1 Å². The van der Waals surface area contributed by atoms with Crippen LogP contribution in [0.15, 0.2) is 30.3 Å². The summed E-state index contributed by atoms with van der Waals surface area (Å²) in [6.07, 6.45) is 0.763. The van der Waals surface area contributed by atoms with Crippen molar-refractivity contribution in [2.75, 3.05) is 6.54 Å². The lowest BCUT2D eigenvalue weighted by molar-refractivity contribution is 0.0835. The molecule has 16 heavy (non-hydrogen) atoms. The van der Waals surface area contributed by atoms with E-state index in [2.05, 4.69) is 43.0 Å². The zero-order valence-corrected chi connectivity index (χ0v) is 10.1. The summed E-state index contributed by atoms with van der Waals surface area (Å²) in [5, 5.41) is 9.97. The quantitative estimate of drug-likeness (QED) is 0.843. The molecule has 0 amide bonds. The van der Waals surface area contributed by atoms with Crippen LogP contribution in [0.4, 0.5) is 0 Å². The van der Waals surface area contributed by atoms with Crippen LogP contribution in [-0.2, 0) is 6.54 Å². The molecule has 0 radical (unpaired) electrons. The van der Waals surface area contributed by atoms with Gasteiger partial charge in [0.25, 0.3) is 0 Å². The van der Waals surface area contributed by atoms with Crippen molar-refractivity contribution < 1.29 is 5.11 Å². The summed E-state index contributed by atoms with van der Waals surface area (Å²) in [5.41, 5.74) is 1.34. The molecule has 1 aromatic rings. The molecule has 1 aliphatic rings. The third kappa shape index (κ3) is 2.45. The monoisotopic (exact) mass is 219 g/mol. The highest BCUT2D eigenvalue weighted by atomic mass is 16.3. The van der Waals surface area contributed by atoms with E-state index >= 15 is 0 Å². The van der Waals surface area contributed by atoms with Gasteiger partial charge < -0.3 is 5.11 Å². The maximum absolute atomic E-state index is 9.97. The average molecular weight is 219 g/mol. The maximum atomic E-state index is 9.97. The molecule has 0 saturated carbocycles. The van der Waals surface area contributed by atoms with Gasteiger partial charge in [0.2, 0.25) is 0 Å². The van der Waals surface area contributed by atoms with Crippen molar-refractivity contribution >= 4 is 0 Å². The van der Waals surface area contributed by atoms with Gasteiger partial charge in [-0.1, -0.05) is 44.2 Å². The first-order chi connectivity index (χ1) is 7.68. The molecule has 1 fully saturated rings. The summed E-state index contributed by atoms with van der Waals surface area (Å²) < 4.78 is 0. The van der Waals surface area contributed by atoms with E-state index in [1.165, 1.54) is 5.56 Å². The van der Waals surface area contributed by atoms with Gasteiger partial charge in [0.05, 0.1) is 6.10 Å². The standard InChI is InChI=1S/C14H21NO/c1-11(2)14-13(16)8-9-15(14)10-12-6-4-3-5-7-12/h3-7,11,13-14,16H,8-10H2,1-2H3. The molecule has 2 heteroatoms. The van der Waals surface area contributed by atoms with Crippen LogP contribution in [0.5, 0.6) is 0 Å². The summed E-state index contributed by atoms with van der Waals surface area (Å²) in [7, 11) is 0. The van der Waals surface area contributed by atoms with E-state index in [-0.39, 0.29) is 6.10 Å². The van der Waals surface area contributed by atoms with Crippen molar-refractivity contribution in [3.8, 4) is 0 Å². The first-order valence-electron chi connectivity index (χ1n) is 6.14. The zero-order chi connectivity index (χ0) is 11.5. The van der Waals surface area contributed by atoms with Crippen molar-refractivity contribution in [1.29, 1.82) is 0 Å². The van der Waals surface area contributed by atoms with Gasteiger partial charge in [-0.3, -0.25) is 4.90 Å². The number of benzene rings is 1. The lowest BCUT2D eigenvalue weighted by Crippen LogP contribution is -2.38. The highest BCUT2D eigenvalue weighted by molar-refractivity contribution is 5.15. The largest absolute Gasteiger partial charge is 0.391 e. The normalized spacial score (nSPS) is 26.5. The summed E-state index contributed by atoms with van der Waals surface area (Å²) in [4.78, 5) is 2.41. The van der Waals surface area contributed by atoms with Crippen molar-refractivity contribution in [3.05, 3.63) is 35.9 Å². The topological polar surface area (TPSA) is 23.5 Å². The van der Waals surface area contributed by atoms with Gasteiger partial charge in [-0.2, -0.15) is 0 Å². The number of hydrogen-bond donors (Lipinski definition) is 1. The van der Waals surface area contributed by atoms with Crippen LogP contribution in [0.25, 0.3) is 0 Å². The Morgan fingerprint density at radius 2 is 2.00 bits per heavy atom. The van der Waals surface area contributed by atoms with Crippen LogP contribution in [0.2, 0.25) is 0 Å². The molecule has 1 heterocycles. The molecule has 1 saturated heterocycles. The van der Waals surface area contributed by atoms with Gasteiger partial charge >= 0.3 is 0 Å². The van der Waals surface area contributed by atoms with Gasteiger partial charge in [0.15, 0.2) is 0 Å². The van der Waals surface area contributed by atoms with E-state index in [1.807, 2.05) is 6.07 Å². The first-order valence-corrected chi connectivity index (χ1v) is 6.14. The molecule has 88 valence electrons. The molecule has 1 N–H and O–H groups in total. The Balaban J connectivity index is 2.05. The highest BCUT2D eigenvalue weighted by Gasteiger charge is 2.34. The Bertz CT molecular complexity index is 323. The van der Waals surface area contributed by atoms with Gasteiger partial charge in [-0.05, 0) is 17.9 Å².